The third kappa shape index (κ3) is 5.61. The van der Waals surface area contributed by atoms with Gasteiger partial charge in [-0.05, 0) is 68.0 Å². The van der Waals surface area contributed by atoms with Gasteiger partial charge in [0.2, 0.25) is 0 Å². The summed E-state index contributed by atoms with van der Waals surface area (Å²) in [5.74, 6) is 0.610. The molecule has 2 N–H and O–H groups in total. The van der Waals surface area contributed by atoms with Crippen molar-refractivity contribution in [1.82, 2.24) is 4.90 Å². The summed E-state index contributed by atoms with van der Waals surface area (Å²) in [7, 11) is 0. The minimum atomic E-state index is -0.429. The fourth-order valence-electron chi connectivity index (χ4n) is 4.78. The van der Waals surface area contributed by atoms with Crippen LogP contribution in [0.5, 0.6) is 11.5 Å². The first-order valence-electron chi connectivity index (χ1n) is 13.4. The molecule has 202 valence electrons. The predicted molar refractivity (Wildman–Crippen MR) is 152 cm³/mol. The van der Waals surface area contributed by atoms with E-state index in [1.54, 1.807) is 25.1 Å². The summed E-state index contributed by atoms with van der Waals surface area (Å²) in [6.45, 7) is 10.2. The zero-order valence-corrected chi connectivity index (χ0v) is 22.5. The van der Waals surface area contributed by atoms with Gasteiger partial charge in [0.25, 0.3) is 5.91 Å². The molecule has 2 aliphatic rings. The van der Waals surface area contributed by atoms with Gasteiger partial charge < -0.3 is 24.8 Å². The second-order valence-electron chi connectivity index (χ2n) is 9.33. The van der Waals surface area contributed by atoms with Gasteiger partial charge in [-0.15, -0.1) is 0 Å². The third-order valence-electron chi connectivity index (χ3n) is 6.88. The Bertz CT molecular complexity index is 1410. The summed E-state index contributed by atoms with van der Waals surface area (Å²) in [5, 5.41) is 6.42. The van der Waals surface area contributed by atoms with Crippen molar-refractivity contribution in [2.45, 2.75) is 27.3 Å². The Labute approximate surface area is 228 Å². The number of esters is 1. The number of fused-ring (bicyclic) bond motifs is 2. The summed E-state index contributed by atoms with van der Waals surface area (Å²) in [4.78, 5) is 28.0. The summed E-state index contributed by atoms with van der Waals surface area (Å²) >= 11 is 0. The van der Waals surface area contributed by atoms with Crippen LogP contribution in [0.25, 0.3) is 11.3 Å². The van der Waals surface area contributed by atoms with Crippen LogP contribution in [0.15, 0.2) is 60.7 Å². The molecule has 39 heavy (non-hydrogen) atoms. The molecule has 0 saturated heterocycles. The van der Waals surface area contributed by atoms with Crippen LogP contribution in [0.3, 0.4) is 0 Å². The molecular weight excluding hydrogens is 494 g/mol. The molecule has 3 aromatic rings. The largest absolute Gasteiger partial charge is 0.486 e. The standard InChI is InChI=1S/C31H33N3O5/c1-4-34(5-2)19-20-7-11-23(12-8-20)32-29(21-10-14-26-27(18-21)39-16-15-38-26)28-24-13-9-22(31(36)37-6-3)17-25(24)33-30(28)35/h7-14,17-18,32H,4-6,15-16,19H2,1-3H3,(H,33,35)/b29-28-. The van der Waals surface area contributed by atoms with E-state index in [0.717, 1.165) is 30.9 Å². The molecule has 3 aromatic carbocycles. The number of rotatable bonds is 9. The molecule has 0 aliphatic carbocycles. The van der Waals surface area contributed by atoms with Gasteiger partial charge in [0.15, 0.2) is 11.5 Å². The van der Waals surface area contributed by atoms with E-state index < -0.39 is 5.97 Å². The first kappa shape index (κ1) is 26.3. The Hall–Kier alpha value is -4.30. The lowest BCUT2D eigenvalue weighted by molar-refractivity contribution is -0.110. The zero-order chi connectivity index (χ0) is 27.4. The number of amides is 1. The van der Waals surface area contributed by atoms with E-state index in [-0.39, 0.29) is 12.5 Å². The van der Waals surface area contributed by atoms with Gasteiger partial charge in [0.05, 0.1) is 29.1 Å². The van der Waals surface area contributed by atoms with Crippen molar-refractivity contribution in [1.29, 1.82) is 0 Å². The Morgan fingerprint density at radius 3 is 2.36 bits per heavy atom. The topological polar surface area (TPSA) is 89.1 Å². The van der Waals surface area contributed by atoms with Crippen molar-refractivity contribution in [3.05, 3.63) is 82.9 Å². The van der Waals surface area contributed by atoms with Crippen LogP contribution in [0.2, 0.25) is 0 Å². The first-order valence-corrected chi connectivity index (χ1v) is 13.4. The summed E-state index contributed by atoms with van der Waals surface area (Å²) in [6, 6.07) is 19.0. The van der Waals surface area contributed by atoms with E-state index >= 15 is 0 Å². The molecule has 8 heteroatoms. The van der Waals surface area contributed by atoms with E-state index in [2.05, 4.69) is 41.5 Å². The maximum absolute atomic E-state index is 13.4. The maximum atomic E-state index is 13.4. The number of benzene rings is 3. The minimum Gasteiger partial charge on any atom is -0.486 e. The van der Waals surface area contributed by atoms with E-state index in [1.165, 1.54) is 5.56 Å². The van der Waals surface area contributed by atoms with Gasteiger partial charge in [-0.1, -0.05) is 32.0 Å². The van der Waals surface area contributed by atoms with Crippen LogP contribution in [-0.4, -0.2) is 49.7 Å². The average molecular weight is 528 g/mol. The molecule has 0 fully saturated rings. The average Bonchev–Trinajstić information content (AvgIpc) is 3.29. The fraction of sp³-hybridized carbons (Fsp3) is 0.290. The van der Waals surface area contributed by atoms with Gasteiger partial charge in [0, 0.05) is 23.4 Å². The molecule has 8 nitrogen and oxygen atoms in total. The molecule has 0 unspecified atom stereocenters. The normalized spacial score (nSPS) is 15.0. The highest BCUT2D eigenvalue weighted by atomic mass is 16.6. The second kappa shape index (κ2) is 11.6. The minimum absolute atomic E-state index is 0.262. The number of carbonyl (C=O) groups excluding carboxylic acids is 2. The lowest BCUT2D eigenvalue weighted by Gasteiger charge is -2.21. The zero-order valence-electron chi connectivity index (χ0n) is 22.5. The molecule has 0 saturated carbocycles. The van der Waals surface area contributed by atoms with E-state index in [0.29, 0.717) is 52.8 Å². The van der Waals surface area contributed by atoms with Crippen LogP contribution >= 0.6 is 0 Å². The molecule has 0 spiro atoms. The van der Waals surface area contributed by atoms with Crippen LogP contribution < -0.4 is 20.1 Å². The number of carbonyl (C=O) groups is 2. The number of anilines is 2. The molecule has 0 bridgehead atoms. The lowest BCUT2D eigenvalue weighted by Crippen LogP contribution is -2.22. The van der Waals surface area contributed by atoms with Crippen molar-refractivity contribution >= 4 is 34.5 Å². The first-order chi connectivity index (χ1) is 19.0. The highest BCUT2D eigenvalue weighted by Gasteiger charge is 2.30. The molecule has 0 radical (unpaired) electrons. The molecule has 2 heterocycles. The van der Waals surface area contributed by atoms with Crippen molar-refractivity contribution < 1.29 is 23.8 Å². The van der Waals surface area contributed by atoms with Crippen molar-refractivity contribution in [3.8, 4) is 11.5 Å². The van der Waals surface area contributed by atoms with Gasteiger partial charge in [-0.25, -0.2) is 4.79 Å². The Morgan fingerprint density at radius 2 is 1.64 bits per heavy atom. The molecule has 1 amide bonds. The van der Waals surface area contributed by atoms with Crippen LogP contribution in [0, 0.1) is 0 Å². The third-order valence-corrected chi connectivity index (χ3v) is 6.88. The van der Waals surface area contributed by atoms with Crippen LogP contribution in [-0.2, 0) is 16.1 Å². The lowest BCUT2D eigenvalue weighted by atomic mass is 9.98. The van der Waals surface area contributed by atoms with Crippen molar-refractivity contribution in [3.63, 3.8) is 0 Å². The van der Waals surface area contributed by atoms with Gasteiger partial charge in [-0.2, -0.15) is 0 Å². The SMILES string of the molecule is CCOC(=O)c1ccc2c(c1)NC(=O)/C2=C(\Nc1ccc(CN(CC)CC)cc1)c1ccc2c(c1)OCCO2. The van der Waals surface area contributed by atoms with Gasteiger partial charge >= 0.3 is 5.97 Å². The van der Waals surface area contributed by atoms with E-state index in [1.807, 2.05) is 30.3 Å². The summed E-state index contributed by atoms with van der Waals surface area (Å²) in [5.41, 5.74) is 5.59. The maximum Gasteiger partial charge on any atom is 0.338 e. The molecular formula is C31H33N3O5. The number of nitrogens with one attached hydrogen (secondary N) is 2. The van der Waals surface area contributed by atoms with Crippen molar-refractivity contribution in [2.24, 2.45) is 0 Å². The quantitative estimate of drug-likeness (QED) is 0.284. The number of hydrogen-bond acceptors (Lipinski definition) is 7. The molecule has 0 atom stereocenters. The highest BCUT2D eigenvalue weighted by Crippen LogP contribution is 2.40. The van der Waals surface area contributed by atoms with E-state index in [9.17, 15) is 9.59 Å². The number of nitrogens with zero attached hydrogens (tertiary/aromatic N) is 1. The van der Waals surface area contributed by atoms with E-state index in [4.69, 9.17) is 14.2 Å². The monoisotopic (exact) mass is 527 g/mol. The second-order valence-corrected chi connectivity index (χ2v) is 9.33. The summed E-state index contributed by atoms with van der Waals surface area (Å²) in [6.07, 6.45) is 0. The fourth-order valence-corrected chi connectivity index (χ4v) is 4.78. The Kier molecular flexibility index (Phi) is 7.84. The van der Waals surface area contributed by atoms with Gasteiger partial charge in [-0.3, -0.25) is 9.69 Å². The Morgan fingerprint density at radius 1 is 0.923 bits per heavy atom. The Balaban J connectivity index is 1.56. The molecule has 0 aromatic heterocycles. The summed E-state index contributed by atoms with van der Waals surface area (Å²) < 4.78 is 16.7. The van der Waals surface area contributed by atoms with Gasteiger partial charge in [0.1, 0.15) is 13.2 Å². The highest BCUT2D eigenvalue weighted by molar-refractivity contribution is 6.37. The molecule has 5 rings (SSSR count). The number of ether oxygens (including phenoxy) is 3. The smallest absolute Gasteiger partial charge is 0.338 e. The van der Waals surface area contributed by atoms with Crippen molar-refractivity contribution in [2.75, 3.05) is 43.5 Å². The van der Waals surface area contributed by atoms with Crippen LogP contribution in [0.1, 0.15) is 47.8 Å². The molecule has 2 aliphatic heterocycles. The van der Waals surface area contributed by atoms with Crippen LogP contribution in [0.4, 0.5) is 11.4 Å². The predicted octanol–water partition coefficient (Wildman–Crippen LogP) is 5.41. The number of hydrogen-bond donors (Lipinski definition) is 2.